The largest absolute Gasteiger partial charge is 0.411 e. The first-order valence-electron chi connectivity index (χ1n) is 8.55. The molecule has 0 aliphatic heterocycles. The lowest BCUT2D eigenvalue weighted by Crippen LogP contribution is -2.24. The van der Waals surface area contributed by atoms with Crippen molar-refractivity contribution >= 4 is 28.4 Å². The highest BCUT2D eigenvalue weighted by atomic mass is 32.2. The Balaban J connectivity index is 1.89. The Labute approximate surface area is 162 Å². The van der Waals surface area contributed by atoms with E-state index in [9.17, 15) is 18.0 Å². The van der Waals surface area contributed by atoms with E-state index in [2.05, 4.69) is 14.9 Å². The molecule has 0 spiro atoms. The summed E-state index contributed by atoms with van der Waals surface area (Å²) in [7, 11) is 1.59. The maximum Gasteiger partial charge on any atom is 0.411 e. The van der Waals surface area contributed by atoms with Crippen molar-refractivity contribution in [2.75, 3.05) is 32.7 Å². The fourth-order valence-electron chi connectivity index (χ4n) is 2.78. The zero-order valence-corrected chi connectivity index (χ0v) is 15.9. The third-order valence-corrected chi connectivity index (χ3v) is 4.83. The number of hydrogen-bond donors (Lipinski definition) is 0. The zero-order valence-electron chi connectivity index (χ0n) is 15.1. The lowest BCUT2D eigenvalue weighted by atomic mass is 10.2. The SMILES string of the molecule is COCCCn1c(=O)c2ccccc2n2c(SCCOCC(F)(F)F)nnc12. The Morgan fingerprint density at radius 3 is 2.71 bits per heavy atom. The van der Waals surface area contributed by atoms with Gasteiger partial charge in [-0.25, -0.2) is 0 Å². The first-order chi connectivity index (χ1) is 13.4. The highest BCUT2D eigenvalue weighted by Gasteiger charge is 2.27. The van der Waals surface area contributed by atoms with E-state index in [1.165, 1.54) is 11.8 Å². The second-order valence-electron chi connectivity index (χ2n) is 5.95. The molecular formula is C17H19F3N4O3S. The topological polar surface area (TPSA) is 70.7 Å². The first kappa shape index (κ1) is 20.6. The molecule has 0 aliphatic rings. The minimum atomic E-state index is -4.35. The minimum absolute atomic E-state index is 0.0789. The molecule has 152 valence electrons. The van der Waals surface area contributed by atoms with Crippen molar-refractivity contribution in [1.82, 2.24) is 19.2 Å². The number of ether oxygens (including phenoxy) is 2. The first-order valence-corrected chi connectivity index (χ1v) is 9.54. The van der Waals surface area contributed by atoms with Gasteiger partial charge in [0.15, 0.2) is 5.16 Å². The van der Waals surface area contributed by atoms with Gasteiger partial charge in [0, 0.05) is 26.0 Å². The summed E-state index contributed by atoms with van der Waals surface area (Å²) in [5.74, 6) is 0.659. The van der Waals surface area contributed by atoms with Gasteiger partial charge in [-0.15, -0.1) is 10.2 Å². The van der Waals surface area contributed by atoms with Gasteiger partial charge in [-0.1, -0.05) is 23.9 Å². The van der Waals surface area contributed by atoms with Crippen molar-refractivity contribution in [3.8, 4) is 0 Å². The number of nitrogens with zero attached hydrogens (tertiary/aromatic N) is 4. The van der Waals surface area contributed by atoms with Crippen molar-refractivity contribution in [1.29, 1.82) is 0 Å². The maximum absolute atomic E-state index is 12.8. The number of thioether (sulfide) groups is 1. The Morgan fingerprint density at radius 1 is 1.18 bits per heavy atom. The van der Waals surface area contributed by atoms with Gasteiger partial charge in [0.1, 0.15) is 6.61 Å². The molecule has 0 radical (unpaired) electrons. The fraction of sp³-hybridized carbons (Fsp3) is 0.471. The summed E-state index contributed by atoms with van der Waals surface area (Å²) in [6.07, 6.45) is -3.72. The van der Waals surface area contributed by atoms with Crippen LogP contribution in [0.4, 0.5) is 13.2 Å². The van der Waals surface area contributed by atoms with Crippen molar-refractivity contribution in [2.24, 2.45) is 0 Å². The Hall–Kier alpha value is -2.11. The highest BCUT2D eigenvalue weighted by Crippen LogP contribution is 2.22. The van der Waals surface area contributed by atoms with Crippen molar-refractivity contribution in [2.45, 2.75) is 24.3 Å². The third kappa shape index (κ3) is 4.65. The molecule has 0 bridgehead atoms. The Morgan fingerprint density at radius 2 is 1.96 bits per heavy atom. The molecule has 28 heavy (non-hydrogen) atoms. The van der Waals surface area contributed by atoms with E-state index in [4.69, 9.17) is 4.74 Å². The monoisotopic (exact) mass is 416 g/mol. The normalized spacial score (nSPS) is 12.3. The van der Waals surface area contributed by atoms with Crippen LogP contribution in [0.25, 0.3) is 16.7 Å². The molecule has 0 atom stereocenters. The summed E-state index contributed by atoms with van der Waals surface area (Å²) in [6, 6.07) is 7.09. The number of rotatable bonds is 9. The lowest BCUT2D eigenvalue weighted by Gasteiger charge is -2.11. The number of aromatic nitrogens is 4. The van der Waals surface area contributed by atoms with Gasteiger partial charge >= 0.3 is 6.18 Å². The van der Waals surface area contributed by atoms with Crippen LogP contribution in [-0.2, 0) is 16.0 Å². The van der Waals surface area contributed by atoms with Crippen LogP contribution in [-0.4, -0.2) is 58.0 Å². The molecule has 11 heteroatoms. The lowest BCUT2D eigenvalue weighted by molar-refractivity contribution is -0.172. The second kappa shape index (κ2) is 8.93. The van der Waals surface area contributed by atoms with E-state index in [1.807, 2.05) is 0 Å². The minimum Gasteiger partial charge on any atom is -0.385 e. The number of alkyl halides is 3. The zero-order chi connectivity index (χ0) is 20.1. The predicted molar refractivity (Wildman–Crippen MR) is 98.8 cm³/mol. The summed E-state index contributed by atoms with van der Waals surface area (Å²) < 4.78 is 49.4. The summed E-state index contributed by atoms with van der Waals surface area (Å²) in [4.78, 5) is 12.8. The molecule has 2 heterocycles. The van der Waals surface area contributed by atoms with Crippen LogP contribution in [0.5, 0.6) is 0 Å². The molecule has 0 fully saturated rings. The van der Waals surface area contributed by atoms with E-state index in [-0.39, 0.29) is 17.9 Å². The van der Waals surface area contributed by atoms with Crippen LogP contribution >= 0.6 is 11.8 Å². The molecule has 0 saturated heterocycles. The average molecular weight is 416 g/mol. The van der Waals surface area contributed by atoms with Crippen molar-refractivity contribution in [3.63, 3.8) is 0 Å². The van der Waals surface area contributed by atoms with Crippen molar-refractivity contribution in [3.05, 3.63) is 34.6 Å². The van der Waals surface area contributed by atoms with E-state index in [1.54, 1.807) is 40.3 Å². The molecule has 0 saturated carbocycles. The standard InChI is InChI=1S/C17H19F3N4O3S/c1-26-8-4-7-23-14(25)12-5-2-3-6-13(12)24-15(23)21-22-16(24)28-10-9-27-11-17(18,19)20/h2-3,5-6H,4,7-11H2,1H3. The average Bonchev–Trinajstić information content (AvgIpc) is 3.07. The molecule has 2 aromatic heterocycles. The van der Waals surface area contributed by atoms with Gasteiger partial charge in [0.2, 0.25) is 5.78 Å². The van der Waals surface area contributed by atoms with Crippen LogP contribution in [0.15, 0.2) is 34.2 Å². The molecule has 3 aromatic rings. The Kier molecular flexibility index (Phi) is 6.57. The summed E-state index contributed by atoms with van der Waals surface area (Å²) in [5, 5.41) is 9.27. The van der Waals surface area contributed by atoms with Gasteiger partial charge in [0.05, 0.1) is 17.5 Å². The summed E-state index contributed by atoms with van der Waals surface area (Å²) in [5.41, 5.74) is 0.478. The fourth-order valence-corrected chi connectivity index (χ4v) is 3.57. The van der Waals surface area contributed by atoms with Crippen molar-refractivity contribution < 1.29 is 22.6 Å². The quantitative estimate of drug-likeness (QED) is 0.395. The number of para-hydroxylation sites is 1. The van der Waals surface area contributed by atoms with Crippen LogP contribution in [0.1, 0.15) is 6.42 Å². The second-order valence-corrected chi connectivity index (χ2v) is 7.02. The van der Waals surface area contributed by atoms with E-state index in [0.717, 1.165) is 0 Å². The van der Waals surface area contributed by atoms with E-state index >= 15 is 0 Å². The summed E-state index contributed by atoms with van der Waals surface area (Å²) in [6.45, 7) is -0.448. The smallest absolute Gasteiger partial charge is 0.385 e. The molecule has 0 aliphatic carbocycles. The van der Waals surface area contributed by atoms with Crippen LogP contribution in [0, 0.1) is 0 Å². The van der Waals surface area contributed by atoms with Crippen LogP contribution in [0.3, 0.4) is 0 Å². The van der Waals surface area contributed by atoms with Gasteiger partial charge in [-0.2, -0.15) is 13.2 Å². The molecule has 1 aromatic carbocycles. The summed E-state index contributed by atoms with van der Waals surface area (Å²) >= 11 is 1.22. The van der Waals surface area contributed by atoms with Crippen LogP contribution in [0.2, 0.25) is 0 Å². The predicted octanol–water partition coefficient (Wildman–Crippen LogP) is 2.75. The highest BCUT2D eigenvalue weighted by molar-refractivity contribution is 7.99. The van der Waals surface area contributed by atoms with Crippen LogP contribution < -0.4 is 5.56 Å². The number of fused-ring (bicyclic) bond motifs is 3. The molecular weight excluding hydrogens is 397 g/mol. The van der Waals surface area contributed by atoms with Gasteiger partial charge in [0.25, 0.3) is 5.56 Å². The number of methoxy groups -OCH3 is 1. The van der Waals surface area contributed by atoms with E-state index in [0.29, 0.717) is 41.4 Å². The third-order valence-electron chi connectivity index (χ3n) is 3.93. The van der Waals surface area contributed by atoms with E-state index < -0.39 is 12.8 Å². The maximum atomic E-state index is 12.8. The molecule has 0 amide bonds. The molecule has 3 rings (SSSR count). The number of benzene rings is 1. The van der Waals surface area contributed by atoms with Gasteiger partial charge < -0.3 is 9.47 Å². The molecule has 7 nitrogen and oxygen atoms in total. The number of aryl methyl sites for hydroxylation is 1. The number of hydrogen-bond acceptors (Lipinski definition) is 6. The molecule has 0 N–H and O–H groups in total. The van der Waals surface area contributed by atoms with Gasteiger partial charge in [-0.3, -0.25) is 13.8 Å². The molecule has 0 unspecified atom stereocenters. The number of halogens is 3. The van der Waals surface area contributed by atoms with Gasteiger partial charge in [-0.05, 0) is 18.6 Å². The Bertz CT molecular complexity index is 1000.